The van der Waals surface area contributed by atoms with E-state index in [2.05, 4.69) is 20.3 Å². The van der Waals surface area contributed by atoms with Crippen molar-refractivity contribution in [1.82, 2.24) is 4.72 Å². The van der Waals surface area contributed by atoms with E-state index in [0.29, 0.717) is 11.3 Å². The minimum absolute atomic E-state index is 0.136. The number of amidine groups is 1. The fraction of sp³-hybridized carbons (Fsp3) is 0.0909. The van der Waals surface area contributed by atoms with Crippen molar-refractivity contribution in [3.05, 3.63) is 84.4 Å². The van der Waals surface area contributed by atoms with E-state index < -0.39 is 10.0 Å². The molecule has 0 spiro atoms. The minimum atomic E-state index is -3.57. The van der Waals surface area contributed by atoms with Crippen molar-refractivity contribution in [1.29, 1.82) is 0 Å². The van der Waals surface area contributed by atoms with E-state index in [1.54, 1.807) is 18.2 Å². The van der Waals surface area contributed by atoms with E-state index in [9.17, 15) is 13.2 Å². The third kappa shape index (κ3) is 4.49. The number of nitrogens with zero attached hydrogens (tertiary/aromatic N) is 1. The van der Waals surface area contributed by atoms with Crippen LogP contribution in [0, 0.1) is 0 Å². The molecule has 0 bridgehead atoms. The molecule has 3 N–H and O–H groups in total. The van der Waals surface area contributed by atoms with Gasteiger partial charge in [-0.3, -0.25) is 14.5 Å². The maximum absolute atomic E-state index is 12.2. The van der Waals surface area contributed by atoms with Crippen molar-refractivity contribution in [3.8, 4) is 0 Å². The monoisotopic (exact) mass is 420 g/mol. The lowest BCUT2D eigenvalue weighted by molar-refractivity contribution is -0.116. The number of anilines is 3. The zero-order chi connectivity index (χ0) is 21.0. The van der Waals surface area contributed by atoms with Gasteiger partial charge in [0, 0.05) is 29.0 Å². The molecule has 30 heavy (non-hydrogen) atoms. The van der Waals surface area contributed by atoms with Gasteiger partial charge in [0.25, 0.3) is 10.0 Å². The van der Waals surface area contributed by atoms with Gasteiger partial charge >= 0.3 is 0 Å². The molecule has 4 rings (SSSR count). The summed E-state index contributed by atoms with van der Waals surface area (Å²) in [5.41, 5.74) is 3.10. The highest BCUT2D eigenvalue weighted by Gasteiger charge is 2.29. The maximum atomic E-state index is 12.2. The van der Waals surface area contributed by atoms with Gasteiger partial charge in [0.1, 0.15) is 5.84 Å². The summed E-state index contributed by atoms with van der Waals surface area (Å²) in [6.07, 6.45) is 0.136. The molecule has 3 aromatic rings. The number of amides is 1. The summed E-state index contributed by atoms with van der Waals surface area (Å²) in [5.74, 6) is 0.0759. The lowest BCUT2D eigenvalue weighted by Crippen LogP contribution is -2.23. The molecule has 152 valence electrons. The molecule has 8 heteroatoms. The second-order valence-corrected chi connectivity index (χ2v) is 8.35. The van der Waals surface area contributed by atoms with Gasteiger partial charge in [0.2, 0.25) is 5.91 Å². The third-order valence-electron chi connectivity index (χ3n) is 4.50. The van der Waals surface area contributed by atoms with Gasteiger partial charge in [-0.15, -0.1) is 0 Å². The Kier molecular flexibility index (Phi) is 5.49. The van der Waals surface area contributed by atoms with Gasteiger partial charge in [-0.2, -0.15) is 0 Å². The highest BCUT2D eigenvalue weighted by Crippen LogP contribution is 2.22. The van der Waals surface area contributed by atoms with Crippen molar-refractivity contribution < 1.29 is 13.2 Å². The number of sulfonamides is 1. The fourth-order valence-corrected chi connectivity index (χ4v) is 4.32. The van der Waals surface area contributed by atoms with Crippen LogP contribution >= 0.6 is 0 Å². The second-order valence-electron chi connectivity index (χ2n) is 6.70. The first-order valence-corrected chi connectivity index (χ1v) is 10.9. The van der Waals surface area contributed by atoms with Crippen molar-refractivity contribution in [2.75, 3.05) is 17.2 Å². The van der Waals surface area contributed by atoms with E-state index in [1.165, 1.54) is 6.07 Å². The zero-order valence-electron chi connectivity index (χ0n) is 16.0. The predicted molar refractivity (Wildman–Crippen MR) is 118 cm³/mol. The highest BCUT2D eigenvalue weighted by molar-refractivity contribution is 7.90. The van der Waals surface area contributed by atoms with Crippen LogP contribution in [0.2, 0.25) is 0 Å². The smallest absolute Gasteiger partial charge is 0.263 e. The molecule has 3 aromatic carbocycles. The Hall–Kier alpha value is -3.65. The van der Waals surface area contributed by atoms with E-state index in [0.717, 1.165) is 11.4 Å². The number of aliphatic imine (C=N–C) groups is 1. The largest absolute Gasteiger partial charge is 0.356 e. The van der Waals surface area contributed by atoms with Crippen molar-refractivity contribution in [2.24, 2.45) is 4.99 Å². The molecule has 0 radical (unpaired) electrons. The Balaban J connectivity index is 1.32. The molecule has 0 saturated carbocycles. The second kappa shape index (κ2) is 8.38. The summed E-state index contributed by atoms with van der Waals surface area (Å²) in [6.45, 7) is 0.172. The van der Waals surface area contributed by atoms with Crippen LogP contribution in [0.5, 0.6) is 0 Å². The van der Waals surface area contributed by atoms with Crippen LogP contribution in [-0.4, -0.2) is 26.7 Å². The molecule has 1 heterocycles. The molecular weight excluding hydrogens is 400 g/mol. The maximum Gasteiger partial charge on any atom is 0.263 e. The van der Waals surface area contributed by atoms with Gasteiger partial charge in [-0.25, -0.2) is 8.42 Å². The summed E-state index contributed by atoms with van der Waals surface area (Å²) in [5, 5.41) is 6.10. The molecule has 1 aliphatic heterocycles. The van der Waals surface area contributed by atoms with Crippen LogP contribution in [0.1, 0.15) is 12.0 Å². The molecule has 0 saturated heterocycles. The van der Waals surface area contributed by atoms with Crippen molar-refractivity contribution in [2.45, 2.75) is 11.3 Å². The standard InChI is InChI=1S/C22H20N4O3S/c27-21(14-15-23-22-19-8-4-5-9-20(19)30(28,29)26-22)25-18-12-10-17(11-13-18)24-16-6-2-1-3-7-16/h1-13,24H,14-15H2,(H,23,26)(H,25,27). The van der Waals surface area contributed by atoms with Gasteiger partial charge in [-0.05, 0) is 48.5 Å². The van der Waals surface area contributed by atoms with Crippen LogP contribution < -0.4 is 15.4 Å². The first-order valence-electron chi connectivity index (χ1n) is 9.40. The van der Waals surface area contributed by atoms with Gasteiger partial charge in [0.15, 0.2) is 0 Å². The van der Waals surface area contributed by atoms with Crippen LogP contribution in [0.4, 0.5) is 17.1 Å². The average Bonchev–Trinajstić information content (AvgIpc) is 3.01. The van der Waals surface area contributed by atoms with Crippen LogP contribution in [0.3, 0.4) is 0 Å². The molecule has 1 amide bonds. The Labute approximate surface area is 174 Å². The van der Waals surface area contributed by atoms with Gasteiger partial charge in [-0.1, -0.05) is 30.3 Å². The van der Waals surface area contributed by atoms with E-state index in [-0.39, 0.29) is 29.6 Å². The number of hydrogen-bond donors (Lipinski definition) is 3. The number of fused-ring (bicyclic) bond motifs is 1. The van der Waals surface area contributed by atoms with E-state index in [4.69, 9.17) is 0 Å². The van der Waals surface area contributed by atoms with E-state index in [1.807, 2.05) is 54.6 Å². The third-order valence-corrected chi connectivity index (χ3v) is 5.90. The van der Waals surface area contributed by atoms with Crippen molar-refractivity contribution in [3.63, 3.8) is 0 Å². The molecule has 0 atom stereocenters. The van der Waals surface area contributed by atoms with Crippen LogP contribution in [0.15, 0.2) is 88.8 Å². The van der Waals surface area contributed by atoms with Gasteiger partial charge in [0.05, 0.1) is 11.4 Å². The molecule has 7 nitrogen and oxygen atoms in total. The van der Waals surface area contributed by atoms with E-state index >= 15 is 0 Å². The van der Waals surface area contributed by atoms with Crippen molar-refractivity contribution >= 4 is 38.8 Å². The minimum Gasteiger partial charge on any atom is -0.356 e. The number of carbonyl (C=O) groups is 1. The number of para-hydroxylation sites is 1. The Bertz CT molecular complexity index is 1190. The lowest BCUT2D eigenvalue weighted by Gasteiger charge is -2.08. The predicted octanol–water partition coefficient (Wildman–Crippen LogP) is 3.50. The summed E-state index contributed by atoms with van der Waals surface area (Å²) in [6, 6.07) is 23.8. The number of benzene rings is 3. The first-order chi connectivity index (χ1) is 14.5. The topological polar surface area (TPSA) is 99.7 Å². The highest BCUT2D eigenvalue weighted by atomic mass is 32.2. The number of nitrogens with one attached hydrogen (secondary N) is 3. The number of hydrogen-bond acceptors (Lipinski definition) is 5. The van der Waals surface area contributed by atoms with Gasteiger partial charge < -0.3 is 10.6 Å². The molecule has 0 aliphatic carbocycles. The summed E-state index contributed by atoms with van der Waals surface area (Å²) >= 11 is 0. The molecule has 0 unspecified atom stereocenters. The lowest BCUT2D eigenvalue weighted by atomic mass is 10.2. The number of rotatable bonds is 6. The number of carbonyl (C=O) groups excluding carboxylic acids is 1. The van der Waals surface area contributed by atoms with Crippen LogP contribution in [0.25, 0.3) is 0 Å². The quantitative estimate of drug-likeness (QED) is 0.568. The van der Waals surface area contributed by atoms with Crippen LogP contribution in [-0.2, 0) is 14.8 Å². The summed E-state index contributed by atoms with van der Waals surface area (Å²) in [7, 11) is -3.57. The SMILES string of the molecule is O=C(CCN=C1NS(=O)(=O)c2ccccc21)Nc1ccc(Nc2ccccc2)cc1. The molecular formula is C22H20N4O3S. The summed E-state index contributed by atoms with van der Waals surface area (Å²) < 4.78 is 26.6. The normalized spacial score (nSPS) is 15.3. The fourth-order valence-electron chi connectivity index (χ4n) is 3.07. The molecule has 0 aromatic heterocycles. The molecule has 1 aliphatic rings. The Morgan fingerprint density at radius 1 is 0.833 bits per heavy atom. The summed E-state index contributed by atoms with van der Waals surface area (Å²) in [4.78, 5) is 16.7. The average molecular weight is 420 g/mol. The Morgan fingerprint density at radius 3 is 2.23 bits per heavy atom. The zero-order valence-corrected chi connectivity index (χ0v) is 16.8. The first kappa shape index (κ1) is 19.7. The molecule has 0 fully saturated rings. The Morgan fingerprint density at radius 2 is 1.47 bits per heavy atom.